The van der Waals surface area contributed by atoms with Gasteiger partial charge in [-0.1, -0.05) is 53.7 Å². The molecule has 1 heterocycles. The molecule has 144 valence electrons. The molecule has 0 aliphatic heterocycles. The summed E-state index contributed by atoms with van der Waals surface area (Å²) < 4.78 is 1.92. The molecule has 0 spiro atoms. The Morgan fingerprint density at radius 3 is 2.68 bits per heavy atom. The lowest BCUT2D eigenvalue weighted by Crippen LogP contribution is -2.23. The highest BCUT2D eigenvalue weighted by molar-refractivity contribution is 8.00. The molecule has 28 heavy (non-hydrogen) atoms. The molecule has 1 amide bonds. The number of nitrogens with one attached hydrogen (secondary N) is 1. The SMILES string of the molecule is CC(Sc1ncc(-c2ccccc2)n1C)C(=O)Nc1cc([N+](=O)[O-])ccc1Cl. The van der Waals surface area contributed by atoms with Crippen molar-refractivity contribution in [2.24, 2.45) is 7.05 Å². The molecular weight excluding hydrogens is 400 g/mol. The topological polar surface area (TPSA) is 90.1 Å². The van der Waals surface area contributed by atoms with Crippen LogP contribution in [0.1, 0.15) is 6.92 Å². The Kier molecular flexibility index (Phi) is 6.01. The van der Waals surface area contributed by atoms with Crippen molar-refractivity contribution in [2.45, 2.75) is 17.3 Å². The van der Waals surface area contributed by atoms with E-state index in [0.717, 1.165) is 11.3 Å². The average molecular weight is 417 g/mol. The number of imidazole rings is 1. The number of hydrogen-bond donors (Lipinski definition) is 1. The quantitative estimate of drug-likeness (QED) is 0.355. The van der Waals surface area contributed by atoms with Gasteiger partial charge in [-0.25, -0.2) is 4.98 Å². The number of hydrogen-bond acceptors (Lipinski definition) is 5. The molecule has 0 bridgehead atoms. The van der Waals surface area contributed by atoms with E-state index in [2.05, 4.69) is 10.3 Å². The second-order valence-electron chi connectivity index (χ2n) is 6.02. The van der Waals surface area contributed by atoms with Crippen LogP contribution in [0.3, 0.4) is 0 Å². The molecule has 0 aliphatic carbocycles. The van der Waals surface area contributed by atoms with Crippen LogP contribution >= 0.6 is 23.4 Å². The number of non-ortho nitro benzene ring substituents is 1. The van der Waals surface area contributed by atoms with E-state index in [1.54, 1.807) is 13.1 Å². The largest absolute Gasteiger partial charge is 0.324 e. The normalized spacial score (nSPS) is 11.8. The second kappa shape index (κ2) is 8.45. The first-order valence-corrected chi connectivity index (χ1v) is 9.61. The van der Waals surface area contributed by atoms with Gasteiger partial charge in [0.15, 0.2) is 5.16 Å². The fourth-order valence-electron chi connectivity index (χ4n) is 2.55. The van der Waals surface area contributed by atoms with Gasteiger partial charge in [0.05, 0.1) is 32.8 Å². The first-order chi connectivity index (χ1) is 13.4. The molecule has 0 saturated carbocycles. The zero-order valence-electron chi connectivity index (χ0n) is 15.1. The summed E-state index contributed by atoms with van der Waals surface area (Å²) >= 11 is 7.34. The fourth-order valence-corrected chi connectivity index (χ4v) is 3.56. The molecule has 0 fully saturated rings. The van der Waals surface area contributed by atoms with Crippen molar-refractivity contribution in [2.75, 3.05) is 5.32 Å². The molecule has 7 nitrogen and oxygen atoms in total. The number of rotatable bonds is 6. The van der Waals surface area contributed by atoms with Crippen LogP contribution in [0.5, 0.6) is 0 Å². The van der Waals surface area contributed by atoms with Gasteiger partial charge in [0.25, 0.3) is 5.69 Å². The molecule has 0 saturated heterocycles. The summed E-state index contributed by atoms with van der Waals surface area (Å²) in [5.74, 6) is -0.323. The number of benzene rings is 2. The first-order valence-electron chi connectivity index (χ1n) is 8.35. The van der Waals surface area contributed by atoms with Gasteiger partial charge in [-0.15, -0.1) is 0 Å². The zero-order chi connectivity index (χ0) is 20.3. The second-order valence-corrected chi connectivity index (χ2v) is 7.74. The van der Waals surface area contributed by atoms with Crippen LogP contribution in [-0.2, 0) is 11.8 Å². The van der Waals surface area contributed by atoms with Crippen molar-refractivity contribution in [3.05, 3.63) is 69.9 Å². The van der Waals surface area contributed by atoms with Crippen molar-refractivity contribution in [1.82, 2.24) is 9.55 Å². The van der Waals surface area contributed by atoms with E-state index in [0.29, 0.717) is 5.16 Å². The Morgan fingerprint density at radius 1 is 1.29 bits per heavy atom. The monoisotopic (exact) mass is 416 g/mol. The van der Waals surface area contributed by atoms with E-state index in [4.69, 9.17) is 11.6 Å². The molecule has 1 aromatic heterocycles. The Balaban J connectivity index is 1.73. The van der Waals surface area contributed by atoms with Crippen molar-refractivity contribution in [1.29, 1.82) is 0 Å². The molecule has 1 unspecified atom stereocenters. The first kappa shape index (κ1) is 19.9. The molecule has 9 heteroatoms. The van der Waals surface area contributed by atoms with Gasteiger partial charge in [-0.05, 0) is 18.6 Å². The minimum atomic E-state index is -0.539. The van der Waals surface area contributed by atoms with E-state index >= 15 is 0 Å². The Hall–Kier alpha value is -2.84. The lowest BCUT2D eigenvalue weighted by atomic mass is 10.2. The maximum atomic E-state index is 12.5. The molecule has 0 radical (unpaired) electrons. The third-order valence-corrected chi connectivity index (χ3v) is 5.57. The lowest BCUT2D eigenvalue weighted by molar-refractivity contribution is -0.384. The number of amides is 1. The van der Waals surface area contributed by atoms with E-state index in [9.17, 15) is 14.9 Å². The zero-order valence-corrected chi connectivity index (χ0v) is 16.7. The van der Waals surface area contributed by atoms with E-state index in [1.165, 1.54) is 30.0 Å². The van der Waals surface area contributed by atoms with Crippen LogP contribution in [0.25, 0.3) is 11.3 Å². The van der Waals surface area contributed by atoms with E-state index < -0.39 is 10.2 Å². The molecule has 1 N–H and O–H groups in total. The van der Waals surface area contributed by atoms with Gasteiger partial charge in [0, 0.05) is 19.2 Å². The number of halogens is 1. The predicted octanol–water partition coefficient (Wildman–Crippen LogP) is 4.77. The summed E-state index contributed by atoms with van der Waals surface area (Å²) in [5, 5.41) is 14.0. The maximum Gasteiger partial charge on any atom is 0.271 e. The van der Waals surface area contributed by atoms with E-state index in [1.807, 2.05) is 41.9 Å². The highest BCUT2D eigenvalue weighted by Crippen LogP contribution is 2.30. The average Bonchev–Trinajstić information content (AvgIpc) is 3.04. The molecule has 1 atom stereocenters. The number of nitro benzene ring substituents is 1. The minimum absolute atomic E-state index is 0.142. The smallest absolute Gasteiger partial charge is 0.271 e. The van der Waals surface area contributed by atoms with Gasteiger partial charge in [0.1, 0.15) is 0 Å². The minimum Gasteiger partial charge on any atom is -0.324 e. The number of nitro groups is 1. The summed E-state index contributed by atoms with van der Waals surface area (Å²) in [6, 6.07) is 13.7. The van der Waals surface area contributed by atoms with Crippen LogP contribution in [0.2, 0.25) is 5.02 Å². The van der Waals surface area contributed by atoms with Gasteiger partial charge in [0.2, 0.25) is 5.91 Å². The van der Waals surface area contributed by atoms with Crippen molar-refractivity contribution < 1.29 is 9.72 Å². The molecular formula is C19H17ClN4O3S. The van der Waals surface area contributed by atoms with Gasteiger partial charge >= 0.3 is 0 Å². The standard InChI is InChI=1S/C19H17ClN4O3S/c1-12(18(25)22-16-10-14(24(26)27)8-9-15(16)20)28-19-21-11-17(23(19)2)13-6-4-3-5-7-13/h3-12H,1-2H3,(H,22,25). The molecule has 0 aliphatic rings. The van der Waals surface area contributed by atoms with Gasteiger partial charge in [-0.3, -0.25) is 14.9 Å². The highest BCUT2D eigenvalue weighted by atomic mass is 35.5. The number of carbonyl (C=O) groups is 1. The molecule has 3 aromatic rings. The number of aromatic nitrogens is 2. The lowest BCUT2D eigenvalue weighted by Gasteiger charge is -2.13. The maximum absolute atomic E-state index is 12.5. The summed E-state index contributed by atoms with van der Waals surface area (Å²) in [6.45, 7) is 1.74. The predicted molar refractivity (Wildman–Crippen MR) is 111 cm³/mol. The number of thioether (sulfide) groups is 1. The Morgan fingerprint density at radius 2 is 2.00 bits per heavy atom. The number of carbonyl (C=O) groups excluding carboxylic acids is 1. The van der Waals surface area contributed by atoms with Crippen LogP contribution in [0.4, 0.5) is 11.4 Å². The Labute approximate surface area is 170 Å². The van der Waals surface area contributed by atoms with Crippen molar-refractivity contribution in [3.63, 3.8) is 0 Å². The van der Waals surface area contributed by atoms with Crippen molar-refractivity contribution >= 4 is 40.6 Å². The summed E-state index contributed by atoms with van der Waals surface area (Å²) in [6.07, 6.45) is 1.76. The Bertz CT molecular complexity index is 1020. The number of nitrogens with zero attached hydrogens (tertiary/aromatic N) is 3. The van der Waals surface area contributed by atoms with Crippen LogP contribution in [0.15, 0.2) is 59.9 Å². The van der Waals surface area contributed by atoms with Crippen LogP contribution in [0, 0.1) is 10.1 Å². The van der Waals surface area contributed by atoms with Gasteiger partial charge in [-0.2, -0.15) is 0 Å². The fraction of sp³-hybridized carbons (Fsp3) is 0.158. The van der Waals surface area contributed by atoms with Crippen LogP contribution in [-0.4, -0.2) is 25.6 Å². The summed E-state index contributed by atoms with van der Waals surface area (Å²) in [5.41, 5.74) is 2.04. The third-order valence-electron chi connectivity index (χ3n) is 4.09. The molecule has 3 rings (SSSR count). The van der Waals surface area contributed by atoms with Gasteiger partial charge < -0.3 is 9.88 Å². The third kappa shape index (κ3) is 4.35. The number of anilines is 1. The highest BCUT2D eigenvalue weighted by Gasteiger charge is 2.20. The van der Waals surface area contributed by atoms with Crippen LogP contribution < -0.4 is 5.32 Å². The molecule has 2 aromatic carbocycles. The van der Waals surface area contributed by atoms with Crippen molar-refractivity contribution in [3.8, 4) is 11.3 Å². The summed E-state index contributed by atoms with van der Waals surface area (Å²) in [4.78, 5) is 27.3. The van der Waals surface area contributed by atoms with E-state index in [-0.39, 0.29) is 22.3 Å². The summed E-state index contributed by atoms with van der Waals surface area (Å²) in [7, 11) is 1.89.